The molecule has 0 fully saturated rings. The first kappa shape index (κ1) is 18.3. The fourth-order valence-electron chi connectivity index (χ4n) is 2.62. The van der Waals surface area contributed by atoms with E-state index in [9.17, 15) is 0 Å². The summed E-state index contributed by atoms with van der Waals surface area (Å²) in [6.45, 7) is 6.70. The van der Waals surface area contributed by atoms with Crippen molar-refractivity contribution in [2.24, 2.45) is 0 Å². The van der Waals surface area contributed by atoms with Gasteiger partial charge >= 0.3 is 0 Å². The van der Waals surface area contributed by atoms with E-state index < -0.39 is 8.07 Å². The van der Waals surface area contributed by atoms with Gasteiger partial charge in [0.05, 0.1) is 8.07 Å². The predicted octanol–water partition coefficient (Wildman–Crippen LogP) is 6.15. The lowest BCUT2D eigenvalue weighted by Crippen LogP contribution is -2.22. The van der Waals surface area contributed by atoms with Crippen molar-refractivity contribution in [3.8, 4) is 11.3 Å². The Kier molecular flexibility index (Phi) is 5.19. The van der Waals surface area contributed by atoms with Crippen LogP contribution < -0.4 is 5.73 Å². The van der Waals surface area contributed by atoms with E-state index in [0.717, 1.165) is 16.3 Å². The summed E-state index contributed by atoms with van der Waals surface area (Å²) in [5.41, 5.74) is 13.0. The minimum atomic E-state index is -1.77. The number of hydrogen-bond acceptors (Lipinski definition) is 3. The number of nitrogen functional groups attached to an aromatic ring is 1. The van der Waals surface area contributed by atoms with Gasteiger partial charge < -0.3 is 10.3 Å². The molecule has 0 aliphatic rings. The lowest BCUT2D eigenvalue weighted by molar-refractivity contribution is 0.414. The van der Waals surface area contributed by atoms with Crippen molar-refractivity contribution in [2.75, 3.05) is 5.73 Å². The van der Waals surface area contributed by atoms with Crippen LogP contribution >= 0.6 is 11.6 Å². The van der Waals surface area contributed by atoms with Gasteiger partial charge in [0.15, 0.2) is 5.76 Å². The minimum Gasteiger partial charge on any atom is -0.394 e. The van der Waals surface area contributed by atoms with Gasteiger partial charge in [-0.05, 0) is 23.8 Å². The summed E-state index contributed by atoms with van der Waals surface area (Å²) >= 11 is 5.97. The smallest absolute Gasteiger partial charge is 0.189 e. The first-order valence-electron chi connectivity index (χ1n) is 8.40. The fraction of sp³-hybridized carbons (Fsp3) is 0.143. The molecule has 0 atom stereocenters. The lowest BCUT2D eigenvalue weighted by Gasteiger charge is -2.16. The number of halogens is 1. The highest BCUT2D eigenvalue weighted by molar-refractivity contribution is 6.93. The molecule has 132 valence electrons. The van der Waals surface area contributed by atoms with E-state index in [2.05, 4.69) is 30.5 Å². The van der Waals surface area contributed by atoms with E-state index in [1.807, 2.05) is 60.7 Å². The normalized spacial score (nSPS) is 11.1. The van der Waals surface area contributed by atoms with Gasteiger partial charge in [-0.25, -0.2) is 0 Å². The summed E-state index contributed by atoms with van der Waals surface area (Å²) in [5.74, 6) is 0.612. The number of benzene rings is 2. The molecule has 0 amide bonds. The average molecular weight is 381 g/mol. The Morgan fingerprint density at radius 2 is 1.73 bits per heavy atom. The molecule has 0 bridgehead atoms. The summed E-state index contributed by atoms with van der Waals surface area (Å²) in [6.07, 6.45) is 1.97. The monoisotopic (exact) mass is 380 g/mol. The number of aromatic nitrogens is 1. The Hall–Kier alpha value is -2.52. The van der Waals surface area contributed by atoms with E-state index in [1.54, 1.807) is 0 Å². The minimum absolute atomic E-state index is 0.540. The maximum atomic E-state index is 6.40. The van der Waals surface area contributed by atoms with Gasteiger partial charge in [0.2, 0.25) is 0 Å². The molecule has 3 rings (SSSR count). The molecular weight excluding hydrogens is 360 g/mol. The van der Waals surface area contributed by atoms with E-state index in [0.29, 0.717) is 22.2 Å². The van der Waals surface area contributed by atoms with Crippen molar-refractivity contribution in [2.45, 2.75) is 19.6 Å². The summed E-state index contributed by atoms with van der Waals surface area (Å²) in [5, 5.41) is 5.89. The van der Waals surface area contributed by atoms with Gasteiger partial charge in [0.1, 0.15) is 11.4 Å². The van der Waals surface area contributed by atoms with Gasteiger partial charge in [-0.1, -0.05) is 78.9 Å². The summed E-state index contributed by atoms with van der Waals surface area (Å²) in [4.78, 5) is 0. The van der Waals surface area contributed by atoms with Crippen LogP contribution in [0, 0.1) is 0 Å². The molecule has 1 heterocycles. The van der Waals surface area contributed by atoms with Crippen molar-refractivity contribution in [1.82, 2.24) is 5.16 Å². The second-order valence-corrected chi connectivity index (χ2v) is 12.5. The Bertz CT molecular complexity index is 963. The number of anilines is 1. The third kappa shape index (κ3) is 4.00. The van der Waals surface area contributed by atoms with Crippen LogP contribution in [0.3, 0.4) is 0 Å². The van der Waals surface area contributed by atoms with Crippen LogP contribution in [-0.4, -0.2) is 13.2 Å². The highest BCUT2D eigenvalue weighted by atomic mass is 35.5. The highest BCUT2D eigenvalue weighted by Crippen LogP contribution is 2.35. The van der Waals surface area contributed by atoms with Crippen molar-refractivity contribution in [1.29, 1.82) is 0 Å². The molecule has 0 aliphatic heterocycles. The number of hydrogen-bond donors (Lipinski definition) is 1. The van der Waals surface area contributed by atoms with E-state index >= 15 is 0 Å². The Morgan fingerprint density at radius 3 is 2.35 bits per heavy atom. The number of rotatable bonds is 4. The fourth-order valence-corrected chi connectivity index (χ4v) is 4.11. The maximum Gasteiger partial charge on any atom is 0.189 e. The molecule has 0 aliphatic carbocycles. The molecule has 3 nitrogen and oxygen atoms in total. The van der Waals surface area contributed by atoms with E-state index in [4.69, 9.17) is 21.9 Å². The Balaban J connectivity index is 2.09. The van der Waals surface area contributed by atoms with Gasteiger partial charge in [-0.3, -0.25) is 0 Å². The maximum absolute atomic E-state index is 6.40. The van der Waals surface area contributed by atoms with E-state index in [1.165, 1.54) is 0 Å². The molecule has 5 heteroatoms. The van der Waals surface area contributed by atoms with Crippen LogP contribution in [-0.2, 0) is 0 Å². The average Bonchev–Trinajstić information content (AvgIpc) is 2.97. The van der Waals surface area contributed by atoms with Crippen molar-refractivity contribution >= 4 is 36.6 Å². The summed E-state index contributed by atoms with van der Waals surface area (Å²) in [7, 11) is -1.77. The molecule has 26 heavy (non-hydrogen) atoms. The summed E-state index contributed by atoms with van der Waals surface area (Å²) < 4.78 is 5.66. The largest absolute Gasteiger partial charge is 0.394 e. The molecule has 3 aromatic rings. The van der Waals surface area contributed by atoms with Crippen LogP contribution in [0.25, 0.3) is 22.5 Å². The number of nitrogens with zero attached hydrogens (tertiary/aromatic N) is 1. The van der Waals surface area contributed by atoms with Crippen LogP contribution in [0.15, 0.2) is 64.9 Å². The second kappa shape index (κ2) is 7.38. The Labute approximate surface area is 159 Å². The molecule has 0 unspecified atom stereocenters. The third-order valence-electron chi connectivity index (χ3n) is 4.01. The van der Waals surface area contributed by atoms with Crippen molar-refractivity contribution < 1.29 is 4.52 Å². The third-order valence-corrected chi connectivity index (χ3v) is 6.13. The molecule has 0 radical (unpaired) electrons. The molecule has 1 aromatic heterocycles. The molecule has 2 aromatic carbocycles. The lowest BCUT2D eigenvalue weighted by atomic mass is 10.1. The first-order valence-corrected chi connectivity index (χ1v) is 12.3. The zero-order valence-electron chi connectivity index (χ0n) is 15.1. The molecule has 0 saturated carbocycles. The van der Waals surface area contributed by atoms with Crippen LogP contribution in [0.5, 0.6) is 0 Å². The first-order chi connectivity index (χ1) is 12.4. The van der Waals surface area contributed by atoms with Gasteiger partial charge in [0.25, 0.3) is 0 Å². The van der Waals surface area contributed by atoms with Crippen molar-refractivity contribution in [3.63, 3.8) is 0 Å². The molecule has 2 N–H and O–H groups in total. The van der Waals surface area contributed by atoms with Crippen molar-refractivity contribution in [3.05, 3.63) is 76.7 Å². The predicted molar refractivity (Wildman–Crippen MR) is 113 cm³/mol. The van der Waals surface area contributed by atoms with Gasteiger partial charge in [-0.2, -0.15) is 0 Å². The standard InChI is InChI=1S/C21H21ClN2OSi/c1-26(2,3)18(14-9-15-7-5-4-6-8-15)21-19(23)20(24-25-21)16-10-12-17(22)13-11-16/h4-13H,23H2,1-3H3. The SMILES string of the molecule is C[Si](C)(C)C(=C=Cc1ccccc1)c1onc(-c2ccc(Cl)cc2)c1N. The topological polar surface area (TPSA) is 52.0 Å². The zero-order valence-corrected chi connectivity index (χ0v) is 16.8. The van der Waals surface area contributed by atoms with Crippen LogP contribution in [0.4, 0.5) is 5.69 Å². The highest BCUT2D eigenvalue weighted by Gasteiger charge is 2.28. The second-order valence-electron chi connectivity index (χ2n) is 7.11. The molecule has 0 saturated heterocycles. The molecular formula is C21H21ClN2OSi. The van der Waals surface area contributed by atoms with Gasteiger partial charge in [-0.15, -0.1) is 5.73 Å². The molecule has 0 spiro atoms. The number of nitrogens with two attached hydrogens (primary N) is 1. The van der Waals surface area contributed by atoms with E-state index in [-0.39, 0.29) is 0 Å². The van der Waals surface area contributed by atoms with Crippen LogP contribution in [0.2, 0.25) is 24.7 Å². The van der Waals surface area contributed by atoms with Crippen LogP contribution in [0.1, 0.15) is 11.3 Å². The zero-order chi connectivity index (χ0) is 18.7. The Morgan fingerprint density at radius 1 is 1.08 bits per heavy atom. The summed E-state index contributed by atoms with van der Waals surface area (Å²) in [6, 6.07) is 17.5. The quantitative estimate of drug-likeness (QED) is 0.436. The van der Waals surface area contributed by atoms with Gasteiger partial charge in [0, 0.05) is 15.8 Å².